The Bertz CT molecular complexity index is 2860. The lowest BCUT2D eigenvalue weighted by atomic mass is 9.86. The van der Waals surface area contributed by atoms with Crippen molar-refractivity contribution >= 4 is 22.0 Å². The van der Waals surface area contributed by atoms with Crippen molar-refractivity contribution in [3.8, 4) is 0 Å². The Hall–Kier alpha value is -6.12. The van der Waals surface area contributed by atoms with Gasteiger partial charge in [-0.1, -0.05) is 133 Å². The Labute approximate surface area is 405 Å². The molecule has 2 aromatic heterocycles. The number of fused-ring (bicyclic) bond motifs is 2. The van der Waals surface area contributed by atoms with Gasteiger partial charge >= 0.3 is 0 Å². The van der Waals surface area contributed by atoms with Gasteiger partial charge in [0.1, 0.15) is 5.82 Å². The molecule has 10 nitrogen and oxygen atoms in total. The third kappa shape index (κ3) is 12.7. The number of hydrogen-bond donors (Lipinski definition) is 4. The van der Waals surface area contributed by atoms with Crippen LogP contribution in [0.5, 0.6) is 0 Å². The summed E-state index contributed by atoms with van der Waals surface area (Å²) in [4.78, 5) is 21.8. The maximum atomic E-state index is 12.8. The van der Waals surface area contributed by atoms with Gasteiger partial charge < -0.3 is 9.97 Å². The molecule has 4 N–H and O–H groups in total. The third-order valence-corrected chi connectivity index (χ3v) is 15.2. The van der Waals surface area contributed by atoms with Crippen LogP contribution in [0.15, 0.2) is 192 Å². The fraction of sp³-hybridized carbons (Fsp3) is 0.250. The van der Waals surface area contributed by atoms with Gasteiger partial charge in [0.05, 0.1) is 17.8 Å². The van der Waals surface area contributed by atoms with Crippen LogP contribution in [0.2, 0.25) is 0 Å². The highest BCUT2D eigenvalue weighted by molar-refractivity contribution is 7.97. The number of aromatic nitrogens is 4. The number of aryl methyl sites for hydroxylation is 2. The monoisotopic (exact) mass is 940 g/mol. The standard InChI is InChI=1S/C28H30N4O2S.C28H30N4S/c33-35(34,31-19-22-7-2-1-3-8-22)25-15-13-23(14-16-25)20-32(21-28-29-17-18-30-28)27-12-6-10-24-9-4-5-11-26(24)27;1-2-7-22(8-3-1)17-31-33-26-15-13-23(14-16-26)19-32(20-25-18-29-21-30-25)28-12-6-10-24-9-4-5-11-27(24)28/h1-5,7-9,11,13-18,27,31H,6,10,12,19-21H2,(H,29,30);1-5,7-9,11,13-16,18,21,28,31H,6,10,12,17,19-20H2,(H,29,30). The number of nitrogens with one attached hydrogen (secondary N) is 4. The van der Waals surface area contributed by atoms with Gasteiger partial charge in [-0.3, -0.25) is 14.5 Å². The molecule has 0 spiro atoms. The van der Waals surface area contributed by atoms with E-state index in [1.54, 1.807) is 36.6 Å². The molecule has 348 valence electrons. The second kappa shape index (κ2) is 23.3. The highest BCUT2D eigenvalue weighted by Crippen LogP contribution is 2.37. The van der Waals surface area contributed by atoms with Crippen LogP contribution in [0.4, 0.5) is 0 Å². The Morgan fingerprint density at radius 2 is 1.15 bits per heavy atom. The maximum absolute atomic E-state index is 12.8. The van der Waals surface area contributed by atoms with Crippen LogP contribution in [0, 0.1) is 0 Å². The van der Waals surface area contributed by atoms with Gasteiger partial charge in [-0.25, -0.2) is 23.1 Å². The molecule has 2 heterocycles. The van der Waals surface area contributed by atoms with Crippen molar-refractivity contribution in [2.75, 3.05) is 0 Å². The number of benzene rings is 6. The minimum atomic E-state index is -3.58. The molecule has 0 bridgehead atoms. The van der Waals surface area contributed by atoms with E-state index in [1.807, 2.05) is 54.9 Å². The Morgan fingerprint density at radius 3 is 1.72 bits per heavy atom. The van der Waals surface area contributed by atoms with Gasteiger partial charge in [-0.05, 0) is 119 Å². The van der Waals surface area contributed by atoms with Gasteiger partial charge in [-0.15, -0.1) is 0 Å². The van der Waals surface area contributed by atoms with Crippen LogP contribution in [-0.2, 0) is 62.1 Å². The van der Waals surface area contributed by atoms with Crippen molar-refractivity contribution in [2.45, 2.75) is 99.7 Å². The van der Waals surface area contributed by atoms with Crippen molar-refractivity contribution < 1.29 is 8.42 Å². The number of nitrogens with zero attached hydrogens (tertiary/aromatic N) is 4. The summed E-state index contributed by atoms with van der Waals surface area (Å²) in [6.45, 7) is 4.31. The van der Waals surface area contributed by atoms with Crippen LogP contribution in [-0.4, -0.2) is 38.2 Å². The van der Waals surface area contributed by atoms with Gasteiger partial charge in [0, 0.05) is 74.0 Å². The summed E-state index contributed by atoms with van der Waals surface area (Å²) in [6, 6.07) is 54.6. The summed E-state index contributed by atoms with van der Waals surface area (Å²) in [7, 11) is -3.58. The zero-order valence-electron chi connectivity index (χ0n) is 38.4. The molecule has 0 radical (unpaired) electrons. The number of sulfonamides is 1. The Morgan fingerprint density at radius 1 is 0.588 bits per heavy atom. The second-order valence-electron chi connectivity index (χ2n) is 17.6. The summed E-state index contributed by atoms with van der Waals surface area (Å²) >= 11 is 1.69. The minimum Gasteiger partial charge on any atom is -0.348 e. The molecule has 12 heteroatoms. The lowest BCUT2D eigenvalue weighted by Crippen LogP contribution is -2.31. The summed E-state index contributed by atoms with van der Waals surface area (Å²) in [5.74, 6) is 0.928. The van der Waals surface area contributed by atoms with E-state index in [9.17, 15) is 8.42 Å². The minimum absolute atomic E-state index is 0.267. The number of imidazole rings is 2. The van der Waals surface area contributed by atoms with Crippen molar-refractivity contribution in [2.24, 2.45) is 0 Å². The van der Waals surface area contributed by atoms with Crippen LogP contribution in [0.25, 0.3) is 0 Å². The molecule has 68 heavy (non-hydrogen) atoms. The molecule has 2 aliphatic rings. The summed E-state index contributed by atoms with van der Waals surface area (Å²) < 4.78 is 31.8. The lowest BCUT2D eigenvalue weighted by molar-refractivity contribution is 0.157. The fourth-order valence-corrected chi connectivity index (χ4v) is 11.2. The molecule has 8 aromatic rings. The first kappa shape index (κ1) is 47.0. The van der Waals surface area contributed by atoms with Crippen LogP contribution in [0.3, 0.4) is 0 Å². The predicted molar refractivity (Wildman–Crippen MR) is 272 cm³/mol. The molecular weight excluding hydrogens is 881 g/mol. The van der Waals surface area contributed by atoms with E-state index in [1.165, 1.54) is 57.5 Å². The largest absolute Gasteiger partial charge is 0.348 e. The lowest BCUT2D eigenvalue weighted by Gasteiger charge is -2.36. The topological polar surface area (TPSA) is 122 Å². The normalized spacial score (nSPS) is 15.6. The molecule has 6 aromatic carbocycles. The average molecular weight is 941 g/mol. The van der Waals surface area contributed by atoms with E-state index < -0.39 is 10.0 Å². The molecule has 2 unspecified atom stereocenters. The smallest absolute Gasteiger partial charge is 0.240 e. The Balaban J connectivity index is 0.000000170. The van der Waals surface area contributed by atoms with Crippen LogP contribution in [0.1, 0.15) is 93.8 Å². The van der Waals surface area contributed by atoms with E-state index in [2.05, 4.69) is 142 Å². The van der Waals surface area contributed by atoms with E-state index in [0.717, 1.165) is 61.5 Å². The highest BCUT2D eigenvalue weighted by Gasteiger charge is 2.28. The molecule has 0 aliphatic heterocycles. The molecule has 0 amide bonds. The number of hydrogen-bond acceptors (Lipinski definition) is 8. The maximum Gasteiger partial charge on any atom is 0.240 e. The van der Waals surface area contributed by atoms with Crippen LogP contribution < -0.4 is 9.44 Å². The van der Waals surface area contributed by atoms with Crippen LogP contribution >= 0.6 is 11.9 Å². The van der Waals surface area contributed by atoms with Gasteiger partial charge in [0.15, 0.2) is 0 Å². The first-order valence-corrected chi connectivity index (χ1v) is 26.0. The molecule has 0 fully saturated rings. The zero-order chi connectivity index (χ0) is 46.4. The van der Waals surface area contributed by atoms with Crippen molar-refractivity contribution in [3.63, 3.8) is 0 Å². The molecular formula is C56H60N8O2S2. The van der Waals surface area contributed by atoms with Gasteiger partial charge in [0.25, 0.3) is 0 Å². The quantitative estimate of drug-likeness (QED) is 0.0628. The molecule has 0 saturated heterocycles. The highest BCUT2D eigenvalue weighted by atomic mass is 32.2. The second-order valence-corrected chi connectivity index (χ2v) is 20.4. The third-order valence-electron chi connectivity index (χ3n) is 12.9. The van der Waals surface area contributed by atoms with E-state index in [0.29, 0.717) is 25.2 Å². The van der Waals surface area contributed by atoms with Gasteiger partial charge in [0.2, 0.25) is 10.0 Å². The molecule has 0 saturated carbocycles. The summed E-state index contributed by atoms with van der Waals surface area (Å²) in [5.41, 5.74) is 11.6. The van der Waals surface area contributed by atoms with E-state index in [4.69, 9.17) is 0 Å². The van der Waals surface area contributed by atoms with E-state index >= 15 is 0 Å². The zero-order valence-corrected chi connectivity index (χ0v) is 40.0. The van der Waals surface area contributed by atoms with E-state index in [-0.39, 0.29) is 11.4 Å². The van der Waals surface area contributed by atoms with Gasteiger partial charge in [-0.2, -0.15) is 0 Å². The van der Waals surface area contributed by atoms with Crippen molar-refractivity contribution in [1.29, 1.82) is 0 Å². The van der Waals surface area contributed by atoms with Crippen molar-refractivity contribution in [1.82, 2.24) is 39.2 Å². The predicted octanol–water partition coefficient (Wildman–Crippen LogP) is 11.3. The summed E-state index contributed by atoms with van der Waals surface area (Å²) in [5, 5.41) is 0. The Kier molecular flexibility index (Phi) is 16.1. The van der Waals surface area contributed by atoms with Crippen molar-refractivity contribution in [3.05, 3.63) is 239 Å². The first-order valence-electron chi connectivity index (χ1n) is 23.7. The fourth-order valence-electron chi connectivity index (χ4n) is 9.50. The average Bonchev–Trinajstić information content (AvgIpc) is 4.12. The molecule has 10 rings (SSSR count). The molecule has 2 atom stereocenters. The molecule has 2 aliphatic carbocycles. The number of H-pyrrole nitrogens is 2. The SMILES string of the molecule is O=S(=O)(NCc1ccccc1)c1ccc(CN(Cc2ncc[nH]2)C2CCCc3ccccc32)cc1.c1ccc(CNSc2ccc(CN(Cc3cnc[nH]3)C3CCCc4ccccc43)cc2)cc1. The number of aromatic amines is 2. The number of rotatable bonds is 18. The first-order chi connectivity index (χ1) is 33.4. The summed E-state index contributed by atoms with van der Waals surface area (Å²) in [6.07, 6.45) is 14.3.